The number of carbonyl (C=O) groups is 1. The highest BCUT2D eigenvalue weighted by molar-refractivity contribution is 7.18. The number of rotatable bonds is 7. The van der Waals surface area contributed by atoms with Gasteiger partial charge in [-0.3, -0.25) is 9.69 Å². The summed E-state index contributed by atoms with van der Waals surface area (Å²) in [5, 5.41) is 4.32. The molecule has 1 aromatic carbocycles. The summed E-state index contributed by atoms with van der Waals surface area (Å²) in [5.74, 6) is 0.0682. The van der Waals surface area contributed by atoms with E-state index >= 15 is 0 Å². The van der Waals surface area contributed by atoms with E-state index in [2.05, 4.69) is 50.3 Å². The third kappa shape index (κ3) is 5.61. The zero-order valence-corrected chi connectivity index (χ0v) is 20.6. The van der Waals surface area contributed by atoms with Crippen molar-refractivity contribution in [3.63, 3.8) is 0 Å². The molecule has 3 aliphatic rings. The smallest absolute Gasteiger partial charge is 0.261 e. The van der Waals surface area contributed by atoms with Crippen molar-refractivity contribution in [1.82, 2.24) is 15.1 Å². The van der Waals surface area contributed by atoms with Gasteiger partial charge in [0.25, 0.3) is 5.91 Å². The molecule has 2 aromatic rings. The Morgan fingerprint density at radius 3 is 2.61 bits per heavy atom. The molecule has 6 heteroatoms. The van der Waals surface area contributed by atoms with Gasteiger partial charge in [0.15, 0.2) is 0 Å². The molecule has 1 N–H and O–H groups in total. The normalized spacial score (nSPS) is 20.5. The lowest BCUT2D eigenvalue weighted by atomic mass is 9.94. The van der Waals surface area contributed by atoms with Gasteiger partial charge in [-0.25, -0.2) is 0 Å². The van der Waals surface area contributed by atoms with E-state index < -0.39 is 0 Å². The van der Waals surface area contributed by atoms with Crippen LogP contribution in [0.5, 0.6) is 0 Å². The average molecular weight is 467 g/mol. The van der Waals surface area contributed by atoms with Crippen LogP contribution in [0.2, 0.25) is 0 Å². The zero-order chi connectivity index (χ0) is 22.5. The minimum atomic E-state index is 0.0682. The van der Waals surface area contributed by atoms with Crippen molar-refractivity contribution >= 4 is 27.9 Å². The van der Waals surface area contributed by atoms with Gasteiger partial charge in [-0.05, 0) is 62.4 Å². The maximum Gasteiger partial charge on any atom is 0.261 e. The van der Waals surface area contributed by atoms with Crippen molar-refractivity contribution in [2.24, 2.45) is 0 Å². The Hall–Kier alpha value is -1.89. The number of nitrogens with one attached hydrogen (secondary N) is 1. The molecule has 1 amide bonds. The Morgan fingerprint density at radius 2 is 1.76 bits per heavy atom. The predicted octanol–water partition coefficient (Wildman–Crippen LogP) is 4.90. The summed E-state index contributed by atoms with van der Waals surface area (Å²) in [6.45, 7) is 7.64. The Balaban J connectivity index is 1.04. The van der Waals surface area contributed by atoms with E-state index in [1.165, 1.54) is 74.5 Å². The first kappa shape index (κ1) is 22.9. The maximum absolute atomic E-state index is 12.7. The van der Waals surface area contributed by atoms with Gasteiger partial charge in [0.05, 0.1) is 9.88 Å². The van der Waals surface area contributed by atoms with E-state index in [0.717, 1.165) is 49.8 Å². The summed E-state index contributed by atoms with van der Waals surface area (Å²) in [6, 6.07) is 13.6. The quantitative estimate of drug-likeness (QED) is 0.589. The molecule has 1 aliphatic carbocycles. The molecule has 33 heavy (non-hydrogen) atoms. The molecule has 5 rings (SSSR count). The Morgan fingerprint density at radius 1 is 0.939 bits per heavy atom. The van der Waals surface area contributed by atoms with Gasteiger partial charge >= 0.3 is 0 Å². The molecule has 2 aliphatic heterocycles. The van der Waals surface area contributed by atoms with E-state index in [9.17, 15) is 4.79 Å². The van der Waals surface area contributed by atoms with Crippen LogP contribution in [0.4, 0.5) is 10.7 Å². The highest BCUT2D eigenvalue weighted by Gasteiger charge is 2.25. The number of benzene rings is 1. The SMILES string of the molecule is O=C(NCCCN1CCN(C2CCCCC2)CC1)c1ccc(N2CCCc3ccccc32)s1. The number of hydrogen-bond acceptors (Lipinski definition) is 5. The second-order valence-electron chi connectivity index (χ2n) is 9.80. The minimum Gasteiger partial charge on any atom is -0.351 e. The fourth-order valence-corrected chi connectivity index (χ4v) is 6.71. The van der Waals surface area contributed by atoms with Crippen LogP contribution >= 0.6 is 11.3 Å². The molecule has 0 unspecified atom stereocenters. The third-order valence-electron chi connectivity index (χ3n) is 7.63. The number of thiophene rings is 1. The highest BCUT2D eigenvalue weighted by Crippen LogP contribution is 2.37. The molecule has 1 saturated heterocycles. The highest BCUT2D eigenvalue weighted by atomic mass is 32.1. The largest absolute Gasteiger partial charge is 0.351 e. The predicted molar refractivity (Wildman–Crippen MR) is 138 cm³/mol. The molecule has 1 aromatic heterocycles. The second kappa shape index (κ2) is 11.0. The van der Waals surface area contributed by atoms with E-state index in [1.807, 2.05) is 6.07 Å². The number of aryl methyl sites for hydroxylation is 1. The van der Waals surface area contributed by atoms with Crippen LogP contribution < -0.4 is 10.2 Å². The number of carbonyl (C=O) groups excluding carboxylic acids is 1. The Labute approximate surface area is 202 Å². The number of nitrogens with zero attached hydrogens (tertiary/aromatic N) is 3. The van der Waals surface area contributed by atoms with Crippen LogP contribution in [-0.4, -0.2) is 67.6 Å². The van der Waals surface area contributed by atoms with Crippen molar-refractivity contribution < 1.29 is 4.79 Å². The van der Waals surface area contributed by atoms with E-state index in [0.29, 0.717) is 0 Å². The summed E-state index contributed by atoms with van der Waals surface area (Å²) in [4.78, 5) is 21.2. The molecule has 0 spiro atoms. The van der Waals surface area contributed by atoms with Gasteiger partial charge in [-0.15, -0.1) is 11.3 Å². The number of fused-ring (bicyclic) bond motifs is 1. The lowest BCUT2D eigenvalue weighted by Crippen LogP contribution is -2.51. The molecule has 178 valence electrons. The van der Waals surface area contributed by atoms with Crippen molar-refractivity contribution in [3.05, 3.63) is 46.8 Å². The number of hydrogen-bond donors (Lipinski definition) is 1. The van der Waals surface area contributed by atoms with Crippen LogP contribution in [0.1, 0.15) is 60.2 Å². The van der Waals surface area contributed by atoms with Crippen LogP contribution in [0.3, 0.4) is 0 Å². The molecule has 0 radical (unpaired) electrons. The fourth-order valence-electron chi connectivity index (χ4n) is 5.75. The van der Waals surface area contributed by atoms with Crippen LogP contribution in [0.25, 0.3) is 0 Å². The summed E-state index contributed by atoms with van der Waals surface area (Å²) in [7, 11) is 0. The first-order chi connectivity index (χ1) is 16.3. The number of amides is 1. The van der Waals surface area contributed by atoms with Gasteiger partial charge in [-0.1, -0.05) is 37.5 Å². The molecule has 0 atom stereocenters. The topological polar surface area (TPSA) is 38.8 Å². The van der Waals surface area contributed by atoms with Crippen LogP contribution in [0.15, 0.2) is 36.4 Å². The summed E-state index contributed by atoms with van der Waals surface area (Å²) in [5.41, 5.74) is 2.70. The first-order valence-corrected chi connectivity index (χ1v) is 13.8. The van der Waals surface area contributed by atoms with Gasteiger partial charge in [0, 0.05) is 51.0 Å². The third-order valence-corrected chi connectivity index (χ3v) is 8.73. The van der Waals surface area contributed by atoms with E-state index in [-0.39, 0.29) is 5.91 Å². The van der Waals surface area contributed by atoms with Crippen LogP contribution in [-0.2, 0) is 6.42 Å². The Bertz CT molecular complexity index is 914. The molecule has 1 saturated carbocycles. The molecule has 5 nitrogen and oxygen atoms in total. The van der Waals surface area contributed by atoms with Gasteiger partial charge in [0.2, 0.25) is 0 Å². The van der Waals surface area contributed by atoms with Crippen molar-refractivity contribution in [2.75, 3.05) is 50.7 Å². The molecule has 2 fully saturated rings. The summed E-state index contributed by atoms with van der Waals surface area (Å²) >= 11 is 1.61. The zero-order valence-electron chi connectivity index (χ0n) is 19.8. The van der Waals surface area contributed by atoms with Crippen molar-refractivity contribution in [1.29, 1.82) is 0 Å². The van der Waals surface area contributed by atoms with Crippen molar-refractivity contribution in [3.8, 4) is 0 Å². The van der Waals surface area contributed by atoms with Gasteiger partial charge in [-0.2, -0.15) is 0 Å². The molecule has 0 bridgehead atoms. The molecular formula is C27H38N4OS. The number of anilines is 2. The Kier molecular flexibility index (Phi) is 7.64. The molecular weight excluding hydrogens is 428 g/mol. The maximum atomic E-state index is 12.7. The minimum absolute atomic E-state index is 0.0682. The monoisotopic (exact) mass is 466 g/mol. The molecule has 3 heterocycles. The first-order valence-electron chi connectivity index (χ1n) is 13.0. The summed E-state index contributed by atoms with van der Waals surface area (Å²) in [6.07, 6.45) is 10.4. The standard InChI is InChI=1S/C27H38N4OS/c32-27(25-13-14-26(33-25)31-17-6-9-22-8-4-5-12-24(22)31)28-15-7-16-29-18-20-30(21-19-29)23-10-2-1-3-11-23/h4-5,8,12-14,23H,1-3,6-7,9-11,15-21H2,(H,28,32). The van der Waals surface area contributed by atoms with Crippen LogP contribution in [0, 0.1) is 0 Å². The lowest BCUT2D eigenvalue weighted by molar-refractivity contribution is 0.0779. The average Bonchev–Trinajstić information content (AvgIpc) is 3.37. The van der Waals surface area contributed by atoms with Gasteiger partial charge < -0.3 is 15.1 Å². The van der Waals surface area contributed by atoms with Gasteiger partial charge in [0.1, 0.15) is 0 Å². The number of para-hydroxylation sites is 1. The van der Waals surface area contributed by atoms with E-state index in [4.69, 9.17) is 0 Å². The summed E-state index contributed by atoms with van der Waals surface area (Å²) < 4.78 is 0. The number of piperazine rings is 1. The second-order valence-corrected chi connectivity index (χ2v) is 10.9. The van der Waals surface area contributed by atoms with E-state index in [1.54, 1.807) is 11.3 Å². The van der Waals surface area contributed by atoms with Crippen molar-refractivity contribution in [2.45, 2.75) is 57.4 Å². The lowest BCUT2D eigenvalue weighted by Gasteiger charge is -2.40. The fraction of sp³-hybridized carbons (Fsp3) is 0.593.